The Balaban J connectivity index is 0.00000264. The van der Waals surface area contributed by atoms with E-state index < -0.39 is 13.4 Å². The average Bonchev–Trinajstić information content (AvgIpc) is 2.82. The third-order valence-electron chi connectivity index (χ3n) is 5.26. The standard InChI is InChI=1S/C9H7.C4H10N.C2H5O.CH3O.CH3.2ClH.H2Si.Ti/c1-2-5-9-7-3-6-8(9)4-1;1-4(2,3)5;1-2-3;1-2;;;;;/h1-7H;5H,1-3H3;3H,1-2H2;1H3;1H3;2*1H;1H2;/q;-1;;-1;;;;;+2. The number of hydrogen-bond donors (Lipinski definition) is 2. The number of allylic oxidation sites excluding steroid dienone is 1. The molecule has 1 aromatic carbocycles. The van der Waals surface area contributed by atoms with E-state index in [1.54, 1.807) is 0 Å². The number of rotatable bonds is 5. The number of fused-ring (bicyclic) bond motifs is 1. The maximum atomic E-state index is 9.88. The van der Waals surface area contributed by atoms with Crippen molar-refractivity contribution in [2.45, 2.75) is 40.5 Å². The van der Waals surface area contributed by atoms with Gasteiger partial charge in [-0.25, -0.2) is 0 Å². The van der Waals surface area contributed by atoms with Crippen LogP contribution in [0, 0.1) is 0 Å². The van der Waals surface area contributed by atoms with Gasteiger partial charge in [0.15, 0.2) is 0 Å². The maximum Gasteiger partial charge on any atom is -0.147 e. The van der Waals surface area contributed by atoms with E-state index in [0.717, 1.165) is 0 Å². The summed E-state index contributed by atoms with van der Waals surface area (Å²) < 4.78 is 11.2. The topological polar surface area (TPSA) is 41.5 Å². The van der Waals surface area contributed by atoms with Gasteiger partial charge >= 0.3 is 135 Å². The van der Waals surface area contributed by atoms with E-state index >= 15 is 0 Å². The zero-order chi connectivity index (χ0) is 16.7. The van der Waals surface area contributed by atoms with Gasteiger partial charge in [0.05, 0.1) is 0 Å². The predicted molar refractivity (Wildman–Crippen MR) is 109 cm³/mol. The summed E-state index contributed by atoms with van der Waals surface area (Å²) in [5.41, 5.74) is 2.50. The largest absolute Gasteiger partial charge is 0.147 e. The van der Waals surface area contributed by atoms with Crippen LogP contribution in [0.25, 0.3) is 6.08 Å². The number of hydrogen-bond acceptors (Lipinski definition) is 3. The average molecular weight is 429 g/mol. The first-order valence-electron chi connectivity index (χ1n) is 8.00. The van der Waals surface area contributed by atoms with E-state index in [1.165, 1.54) is 11.1 Å². The molecule has 0 aliphatic heterocycles. The molecule has 0 saturated heterocycles. The molecule has 139 valence electrons. The second-order valence-electron chi connectivity index (χ2n) is 8.63. The normalized spacial score (nSPS) is 19.5. The Labute approximate surface area is 159 Å². The third-order valence-corrected chi connectivity index (χ3v) is 22.0. The minimum atomic E-state index is -4.24. The monoisotopic (exact) mass is 428 g/mol. The van der Waals surface area contributed by atoms with Crippen molar-refractivity contribution in [3.8, 4) is 0 Å². The molecular formula is C17H32Cl2NO2SiTi. The SMILES string of the molecule is C[O][Ti]([CH3])(=[SiH2])([CH2]CO)([NH]C(C)(C)C)[CH]1C=Cc2ccccc21.Cl.Cl. The van der Waals surface area contributed by atoms with Crippen molar-refractivity contribution in [1.29, 1.82) is 0 Å². The fourth-order valence-electron chi connectivity index (χ4n) is 4.29. The first kappa shape index (κ1) is 24.4. The van der Waals surface area contributed by atoms with E-state index in [-0.39, 0.29) is 41.2 Å². The summed E-state index contributed by atoms with van der Waals surface area (Å²) in [5.74, 6) is 0. The summed E-state index contributed by atoms with van der Waals surface area (Å²) in [6.07, 6.45) is 4.47. The van der Waals surface area contributed by atoms with Gasteiger partial charge in [-0.05, 0) is 0 Å². The number of nitrogens with one attached hydrogen (secondary N) is 1. The van der Waals surface area contributed by atoms with Gasteiger partial charge in [-0.15, -0.1) is 24.8 Å². The number of aliphatic hydroxyl groups excluding tert-OH is 1. The van der Waals surface area contributed by atoms with E-state index in [0.29, 0.717) is 4.73 Å². The van der Waals surface area contributed by atoms with Gasteiger partial charge in [0.25, 0.3) is 0 Å². The Morgan fingerprint density at radius 2 is 1.83 bits per heavy atom. The number of aliphatic hydroxyl groups is 1. The summed E-state index contributed by atoms with van der Waals surface area (Å²) in [6, 6.07) is 8.51. The zero-order valence-corrected chi connectivity index (χ0v) is 19.9. The number of benzene rings is 1. The summed E-state index contributed by atoms with van der Waals surface area (Å²) in [6.45, 7) is 6.66. The fourth-order valence-corrected chi connectivity index (χ4v) is 18.7. The Kier molecular flexibility index (Phi) is 7.27. The summed E-state index contributed by atoms with van der Waals surface area (Å²) in [7, 11) is 3.82. The molecule has 1 aliphatic rings. The zero-order valence-electron chi connectivity index (χ0n) is 15.3. The molecule has 0 spiro atoms. The first-order chi connectivity index (χ1) is 9.99. The fraction of sp³-hybridized carbons (Fsp3) is 0.529. The molecule has 0 aromatic heterocycles. The van der Waals surface area contributed by atoms with Crippen molar-refractivity contribution < 1.29 is 21.8 Å². The van der Waals surface area contributed by atoms with E-state index in [4.69, 9.17) is 3.32 Å². The summed E-state index contributed by atoms with van der Waals surface area (Å²) >= 11 is -4.24. The van der Waals surface area contributed by atoms with Crippen LogP contribution in [-0.2, 0) is 16.7 Å². The molecule has 24 heavy (non-hydrogen) atoms. The van der Waals surface area contributed by atoms with Gasteiger partial charge in [-0.1, -0.05) is 0 Å². The van der Waals surface area contributed by atoms with E-state index in [1.807, 2.05) is 14.7 Å². The van der Waals surface area contributed by atoms with Crippen molar-refractivity contribution in [1.82, 2.24) is 3.80 Å². The second kappa shape index (κ2) is 7.16. The van der Waals surface area contributed by atoms with Gasteiger partial charge in [-0.3, -0.25) is 0 Å². The van der Waals surface area contributed by atoms with Crippen LogP contribution in [0.3, 0.4) is 0 Å². The second-order valence-corrected chi connectivity index (χ2v) is 30.4. The molecule has 1 aliphatic carbocycles. The van der Waals surface area contributed by atoms with Crippen LogP contribution in [0.2, 0.25) is 9.95 Å². The Bertz CT molecular complexity index is 717. The van der Waals surface area contributed by atoms with Crippen LogP contribution in [0.1, 0.15) is 36.1 Å². The van der Waals surface area contributed by atoms with Crippen LogP contribution in [0.4, 0.5) is 0 Å². The molecule has 0 amide bonds. The molecule has 2 N–H and O–H groups in total. The van der Waals surface area contributed by atoms with Crippen LogP contribution >= 0.6 is 24.8 Å². The molecule has 2 rings (SSSR count). The smallest absolute Gasteiger partial charge is 0.147 e. The quantitative estimate of drug-likeness (QED) is 0.702. The molecule has 1 aromatic rings. The van der Waals surface area contributed by atoms with Gasteiger partial charge in [-0.2, -0.15) is 0 Å². The van der Waals surface area contributed by atoms with Crippen molar-refractivity contribution >= 4 is 38.5 Å². The molecular weight excluding hydrogens is 397 g/mol. The Morgan fingerprint density at radius 3 is 2.33 bits per heavy atom. The Morgan fingerprint density at radius 1 is 1.25 bits per heavy atom. The third kappa shape index (κ3) is 4.18. The van der Waals surface area contributed by atoms with Crippen LogP contribution < -0.4 is 3.80 Å². The van der Waals surface area contributed by atoms with Crippen LogP contribution in [-0.4, -0.2) is 32.0 Å². The molecule has 0 radical (unpaired) electrons. The van der Waals surface area contributed by atoms with Gasteiger partial charge < -0.3 is 0 Å². The minimum absolute atomic E-state index is 0. The molecule has 1 unspecified atom stereocenters. The molecule has 0 saturated carbocycles. The first-order valence-corrected chi connectivity index (χ1v) is 17.0. The van der Waals surface area contributed by atoms with Crippen molar-refractivity contribution in [3.05, 3.63) is 41.5 Å². The van der Waals surface area contributed by atoms with Gasteiger partial charge in [0, 0.05) is 0 Å². The molecule has 7 heteroatoms. The number of halogens is 2. The van der Waals surface area contributed by atoms with Crippen LogP contribution in [0.5, 0.6) is 0 Å². The van der Waals surface area contributed by atoms with Crippen molar-refractivity contribution in [2.75, 3.05) is 13.7 Å². The molecule has 1 atom stereocenters. The van der Waals surface area contributed by atoms with Crippen LogP contribution in [0.15, 0.2) is 30.3 Å². The van der Waals surface area contributed by atoms with E-state index in [9.17, 15) is 5.11 Å². The predicted octanol–water partition coefficient (Wildman–Crippen LogP) is 3.69. The summed E-state index contributed by atoms with van der Waals surface area (Å²) in [5, 5.41) is 12.2. The van der Waals surface area contributed by atoms with Gasteiger partial charge in [0.2, 0.25) is 0 Å². The minimum Gasteiger partial charge on any atom is -0.147 e. The maximum absolute atomic E-state index is 9.88. The van der Waals surface area contributed by atoms with Crippen molar-refractivity contribution in [3.63, 3.8) is 0 Å². The molecule has 0 fully saturated rings. The molecule has 3 nitrogen and oxygen atoms in total. The summed E-state index contributed by atoms with van der Waals surface area (Å²) in [4.78, 5) is 0. The molecule has 0 heterocycles. The van der Waals surface area contributed by atoms with E-state index in [2.05, 4.69) is 66.2 Å². The van der Waals surface area contributed by atoms with Crippen molar-refractivity contribution in [2.24, 2.45) is 0 Å². The van der Waals surface area contributed by atoms with Gasteiger partial charge in [0.1, 0.15) is 0 Å². The Hall–Kier alpha value is 0.351. The molecule has 0 bridgehead atoms.